The summed E-state index contributed by atoms with van der Waals surface area (Å²) in [4.78, 5) is 2.56. The lowest BCUT2D eigenvalue weighted by Gasteiger charge is -2.18. The van der Waals surface area contributed by atoms with Gasteiger partial charge in [0.1, 0.15) is 0 Å². The van der Waals surface area contributed by atoms with E-state index in [-0.39, 0.29) is 13.1 Å². The molecule has 0 amide bonds. The van der Waals surface area contributed by atoms with E-state index in [1.807, 2.05) is 6.92 Å². The standard InChI is InChI=1S/C9H21N7O2/c1-4-8(17)6-15(2)13-14-16(3)7-9(18)5-11-12-10/h8-9,17-18H,4-7H2,1-3H3/b14-13+. The molecule has 0 rings (SSSR count). The molecule has 0 aromatic heterocycles. The summed E-state index contributed by atoms with van der Waals surface area (Å²) in [6, 6.07) is 0. The first-order valence-electron chi connectivity index (χ1n) is 5.70. The fourth-order valence-electron chi connectivity index (χ4n) is 1.14. The van der Waals surface area contributed by atoms with E-state index in [9.17, 15) is 10.2 Å². The maximum absolute atomic E-state index is 9.44. The highest BCUT2D eigenvalue weighted by Gasteiger charge is 2.06. The van der Waals surface area contributed by atoms with Crippen molar-refractivity contribution in [1.29, 1.82) is 0 Å². The molecule has 2 N–H and O–H groups in total. The van der Waals surface area contributed by atoms with Crippen LogP contribution >= 0.6 is 0 Å². The number of nitrogens with zero attached hydrogens (tertiary/aromatic N) is 7. The molecule has 18 heavy (non-hydrogen) atoms. The van der Waals surface area contributed by atoms with Crippen LogP contribution in [0.3, 0.4) is 0 Å². The van der Waals surface area contributed by atoms with Crippen LogP contribution in [-0.4, -0.2) is 66.2 Å². The zero-order chi connectivity index (χ0) is 14.0. The van der Waals surface area contributed by atoms with Gasteiger partial charge < -0.3 is 10.2 Å². The first kappa shape index (κ1) is 16.4. The third-order valence-corrected chi connectivity index (χ3v) is 2.12. The summed E-state index contributed by atoms with van der Waals surface area (Å²) in [6.45, 7) is 2.50. The molecule has 0 aliphatic carbocycles. The van der Waals surface area contributed by atoms with Crippen molar-refractivity contribution in [2.24, 2.45) is 15.6 Å². The zero-order valence-corrected chi connectivity index (χ0v) is 11.0. The number of azide groups is 1. The van der Waals surface area contributed by atoms with E-state index in [0.717, 1.165) is 0 Å². The first-order valence-corrected chi connectivity index (χ1v) is 5.70. The third kappa shape index (κ3) is 8.57. The van der Waals surface area contributed by atoms with E-state index in [1.165, 1.54) is 10.0 Å². The Balaban J connectivity index is 3.98. The van der Waals surface area contributed by atoms with Crippen LogP contribution in [0.5, 0.6) is 0 Å². The van der Waals surface area contributed by atoms with Gasteiger partial charge in [-0.15, -0.1) is 0 Å². The van der Waals surface area contributed by atoms with E-state index >= 15 is 0 Å². The third-order valence-electron chi connectivity index (χ3n) is 2.12. The Labute approximate surface area is 106 Å². The lowest BCUT2D eigenvalue weighted by atomic mass is 10.3. The molecule has 0 spiro atoms. The highest BCUT2D eigenvalue weighted by Crippen LogP contribution is 1.97. The fraction of sp³-hybridized carbons (Fsp3) is 1.00. The van der Waals surface area contributed by atoms with Gasteiger partial charge in [-0.1, -0.05) is 22.5 Å². The fourth-order valence-corrected chi connectivity index (χ4v) is 1.14. The molecule has 104 valence electrons. The number of aliphatic hydroxyl groups excluding tert-OH is 2. The normalized spacial score (nSPS) is 14.1. The molecule has 0 aromatic carbocycles. The van der Waals surface area contributed by atoms with Crippen LogP contribution in [0.1, 0.15) is 13.3 Å². The molecule has 0 radical (unpaired) electrons. The molecular weight excluding hydrogens is 238 g/mol. The van der Waals surface area contributed by atoms with Gasteiger partial charge in [-0.25, -0.2) is 0 Å². The largest absolute Gasteiger partial charge is 0.391 e. The van der Waals surface area contributed by atoms with Crippen molar-refractivity contribution in [3.05, 3.63) is 10.4 Å². The molecule has 0 aliphatic heterocycles. The summed E-state index contributed by atoms with van der Waals surface area (Å²) in [7, 11) is 3.35. The van der Waals surface area contributed by atoms with Gasteiger partial charge in [0.05, 0.1) is 31.8 Å². The highest BCUT2D eigenvalue weighted by atomic mass is 16.3. The van der Waals surface area contributed by atoms with E-state index in [0.29, 0.717) is 13.0 Å². The lowest BCUT2D eigenvalue weighted by molar-refractivity contribution is 0.101. The first-order chi connectivity index (χ1) is 8.49. The van der Waals surface area contributed by atoms with Crippen molar-refractivity contribution in [3.63, 3.8) is 0 Å². The molecular formula is C9H21N7O2. The maximum atomic E-state index is 9.44. The summed E-state index contributed by atoms with van der Waals surface area (Å²) >= 11 is 0. The average molecular weight is 259 g/mol. The van der Waals surface area contributed by atoms with Crippen LogP contribution in [0.25, 0.3) is 10.4 Å². The minimum atomic E-state index is -0.781. The molecule has 0 aromatic rings. The number of rotatable bonds is 9. The van der Waals surface area contributed by atoms with Gasteiger partial charge >= 0.3 is 0 Å². The van der Waals surface area contributed by atoms with E-state index in [1.54, 1.807) is 14.1 Å². The number of hydrogen-bond acceptors (Lipinski definition) is 5. The molecule has 9 heteroatoms. The summed E-state index contributed by atoms with van der Waals surface area (Å²) in [5, 5.41) is 32.7. The van der Waals surface area contributed by atoms with E-state index < -0.39 is 12.2 Å². The van der Waals surface area contributed by atoms with Crippen LogP contribution in [-0.2, 0) is 0 Å². The Kier molecular flexibility index (Phi) is 8.63. The molecule has 0 bridgehead atoms. The second-order valence-corrected chi connectivity index (χ2v) is 3.99. The van der Waals surface area contributed by atoms with E-state index in [4.69, 9.17) is 5.53 Å². The Morgan fingerprint density at radius 3 is 2.06 bits per heavy atom. The van der Waals surface area contributed by atoms with Gasteiger partial charge in [0.15, 0.2) is 0 Å². The van der Waals surface area contributed by atoms with Gasteiger partial charge in [0.25, 0.3) is 0 Å². The van der Waals surface area contributed by atoms with Crippen molar-refractivity contribution in [2.45, 2.75) is 25.6 Å². The summed E-state index contributed by atoms with van der Waals surface area (Å²) < 4.78 is 0. The zero-order valence-electron chi connectivity index (χ0n) is 11.0. The van der Waals surface area contributed by atoms with Crippen molar-refractivity contribution >= 4 is 0 Å². The van der Waals surface area contributed by atoms with Crippen LogP contribution in [0.2, 0.25) is 0 Å². The van der Waals surface area contributed by atoms with Gasteiger partial charge in [-0.3, -0.25) is 10.0 Å². The second kappa shape index (κ2) is 9.46. The molecule has 2 unspecified atom stereocenters. The SMILES string of the molecule is CCC(O)CN(C)/N=N/N(C)CC(O)CN=[N+]=[N-]. The Morgan fingerprint density at radius 2 is 1.61 bits per heavy atom. The number of hydrogen-bond donors (Lipinski definition) is 2. The van der Waals surface area contributed by atoms with Crippen molar-refractivity contribution < 1.29 is 10.2 Å². The van der Waals surface area contributed by atoms with Crippen molar-refractivity contribution in [3.8, 4) is 0 Å². The molecule has 0 saturated heterocycles. The summed E-state index contributed by atoms with van der Waals surface area (Å²) in [5.41, 5.74) is 8.09. The highest BCUT2D eigenvalue weighted by molar-refractivity contribution is 4.62. The van der Waals surface area contributed by atoms with Gasteiger partial charge in [-0.2, -0.15) is 0 Å². The minimum absolute atomic E-state index is 0.000742. The topological polar surface area (TPSA) is 120 Å². The van der Waals surface area contributed by atoms with Crippen molar-refractivity contribution in [1.82, 2.24) is 10.0 Å². The van der Waals surface area contributed by atoms with E-state index in [2.05, 4.69) is 20.5 Å². The molecule has 9 nitrogen and oxygen atoms in total. The van der Waals surface area contributed by atoms with Gasteiger partial charge in [-0.05, 0) is 12.0 Å². The van der Waals surface area contributed by atoms with Crippen LogP contribution < -0.4 is 0 Å². The number of likely N-dealkylation sites (N-methyl/N-ethyl adjacent to an activating group) is 2. The predicted molar refractivity (Wildman–Crippen MR) is 66.4 cm³/mol. The van der Waals surface area contributed by atoms with Crippen molar-refractivity contribution in [2.75, 3.05) is 33.7 Å². The Bertz CT molecular complexity index is 293. The quantitative estimate of drug-likeness (QED) is 0.272. The second-order valence-electron chi connectivity index (χ2n) is 3.99. The Morgan fingerprint density at radius 1 is 1.11 bits per heavy atom. The van der Waals surface area contributed by atoms with Crippen LogP contribution in [0.4, 0.5) is 0 Å². The monoisotopic (exact) mass is 259 g/mol. The summed E-state index contributed by atoms with van der Waals surface area (Å²) in [5.74, 6) is 0. The van der Waals surface area contributed by atoms with Crippen LogP contribution in [0, 0.1) is 0 Å². The smallest absolute Gasteiger partial charge is 0.0788 e. The molecule has 0 saturated carbocycles. The predicted octanol–water partition coefficient (Wildman–Crippen LogP) is 0.574. The molecule has 0 fully saturated rings. The van der Waals surface area contributed by atoms with Gasteiger partial charge in [0.2, 0.25) is 0 Å². The average Bonchev–Trinajstić information content (AvgIpc) is 2.33. The maximum Gasteiger partial charge on any atom is 0.0788 e. The minimum Gasteiger partial charge on any atom is -0.391 e. The lowest BCUT2D eigenvalue weighted by Crippen LogP contribution is -2.28. The van der Waals surface area contributed by atoms with Crippen LogP contribution in [0.15, 0.2) is 15.6 Å². The molecule has 0 aliphatic rings. The van der Waals surface area contributed by atoms with Gasteiger partial charge in [0, 0.05) is 19.0 Å². The Hall–Kier alpha value is -1.57. The molecule has 0 heterocycles. The summed E-state index contributed by atoms with van der Waals surface area (Å²) in [6.07, 6.45) is -0.563. The molecule has 2 atom stereocenters. The number of aliphatic hydroxyl groups is 2.